The van der Waals surface area contributed by atoms with Crippen molar-refractivity contribution >= 4 is 11.9 Å². The number of carbonyl (C=O) groups excluding carboxylic acids is 1. The van der Waals surface area contributed by atoms with Crippen molar-refractivity contribution in [2.75, 3.05) is 13.1 Å². The minimum atomic E-state index is -0.885. The summed E-state index contributed by atoms with van der Waals surface area (Å²) in [5.41, 5.74) is 5.36. The summed E-state index contributed by atoms with van der Waals surface area (Å²) < 4.78 is 0. The predicted octanol–water partition coefficient (Wildman–Crippen LogP) is 0.827. The first-order chi connectivity index (χ1) is 8.10. The van der Waals surface area contributed by atoms with Gasteiger partial charge in [-0.15, -0.1) is 0 Å². The van der Waals surface area contributed by atoms with E-state index in [0.717, 1.165) is 12.8 Å². The van der Waals surface area contributed by atoms with E-state index >= 15 is 0 Å². The monoisotopic (exact) mass is 242 g/mol. The lowest BCUT2D eigenvalue weighted by Gasteiger charge is -2.37. The molecule has 1 heterocycles. The molecule has 2 atom stereocenters. The predicted molar refractivity (Wildman–Crippen MR) is 64.4 cm³/mol. The number of nitrogens with zero attached hydrogens (tertiary/aromatic N) is 1. The minimum absolute atomic E-state index is 0.0718. The maximum atomic E-state index is 11.9. The summed E-state index contributed by atoms with van der Waals surface area (Å²) in [6, 6.07) is -0.640. The molecule has 0 aromatic heterocycles. The lowest BCUT2D eigenvalue weighted by atomic mass is 9.88. The van der Waals surface area contributed by atoms with Gasteiger partial charge in [0.1, 0.15) is 6.04 Å². The third kappa shape index (κ3) is 3.70. The molecule has 17 heavy (non-hydrogen) atoms. The van der Waals surface area contributed by atoms with Gasteiger partial charge in [0.15, 0.2) is 0 Å². The van der Waals surface area contributed by atoms with Crippen molar-refractivity contribution in [3.8, 4) is 0 Å². The van der Waals surface area contributed by atoms with Crippen LogP contribution in [-0.2, 0) is 9.59 Å². The molecule has 1 aliphatic rings. The van der Waals surface area contributed by atoms with Crippen molar-refractivity contribution in [1.29, 1.82) is 0 Å². The number of rotatable bonds is 5. The summed E-state index contributed by atoms with van der Waals surface area (Å²) in [5.74, 6) is -0.531. The number of carboxylic acid groups (broad SMARTS) is 1. The van der Waals surface area contributed by atoms with E-state index in [-0.39, 0.29) is 5.91 Å². The Hall–Kier alpha value is -1.10. The molecule has 0 saturated carbocycles. The van der Waals surface area contributed by atoms with Gasteiger partial charge in [0.2, 0.25) is 5.91 Å². The molecule has 1 rings (SSSR count). The topological polar surface area (TPSA) is 83.6 Å². The second kappa shape index (κ2) is 6.59. The van der Waals surface area contributed by atoms with E-state index < -0.39 is 12.0 Å². The first-order valence-electron chi connectivity index (χ1n) is 6.32. The highest BCUT2D eigenvalue weighted by Gasteiger charge is 2.34. The number of aliphatic carboxylic acids is 1. The Morgan fingerprint density at radius 2 is 2.18 bits per heavy atom. The maximum Gasteiger partial charge on any atom is 0.326 e. The SMILES string of the molecule is CCC1CCN(C(=O)CCCN)C(C(=O)O)C1. The molecular weight excluding hydrogens is 220 g/mol. The van der Waals surface area contributed by atoms with Crippen molar-refractivity contribution in [2.24, 2.45) is 11.7 Å². The third-order valence-corrected chi connectivity index (χ3v) is 3.49. The second-order valence-corrected chi connectivity index (χ2v) is 4.63. The van der Waals surface area contributed by atoms with Gasteiger partial charge in [0, 0.05) is 13.0 Å². The highest BCUT2D eigenvalue weighted by atomic mass is 16.4. The van der Waals surface area contributed by atoms with Gasteiger partial charge in [-0.2, -0.15) is 0 Å². The zero-order valence-corrected chi connectivity index (χ0v) is 10.4. The number of likely N-dealkylation sites (tertiary alicyclic amines) is 1. The van der Waals surface area contributed by atoms with Crippen molar-refractivity contribution < 1.29 is 14.7 Å². The summed E-state index contributed by atoms with van der Waals surface area (Å²) in [7, 11) is 0. The van der Waals surface area contributed by atoms with Gasteiger partial charge in [-0.25, -0.2) is 4.79 Å². The third-order valence-electron chi connectivity index (χ3n) is 3.49. The average Bonchev–Trinajstić information content (AvgIpc) is 2.35. The molecule has 98 valence electrons. The minimum Gasteiger partial charge on any atom is -0.480 e. The largest absolute Gasteiger partial charge is 0.480 e. The summed E-state index contributed by atoms with van der Waals surface area (Å²) in [6.45, 7) is 3.10. The molecule has 3 N–H and O–H groups in total. The number of nitrogens with two attached hydrogens (primary N) is 1. The molecule has 1 aliphatic heterocycles. The Morgan fingerprint density at radius 1 is 1.47 bits per heavy atom. The number of piperidine rings is 1. The fourth-order valence-electron chi connectivity index (χ4n) is 2.34. The van der Waals surface area contributed by atoms with Crippen LogP contribution in [0.5, 0.6) is 0 Å². The quantitative estimate of drug-likeness (QED) is 0.748. The molecule has 0 aromatic rings. The molecule has 5 heteroatoms. The number of amides is 1. The fraction of sp³-hybridized carbons (Fsp3) is 0.833. The van der Waals surface area contributed by atoms with Gasteiger partial charge < -0.3 is 15.7 Å². The van der Waals surface area contributed by atoms with E-state index in [1.165, 1.54) is 4.90 Å². The number of hydrogen-bond acceptors (Lipinski definition) is 3. The molecule has 0 spiro atoms. The van der Waals surface area contributed by atoms with Crippen LogP contribution < -0.4 is 5.73 Å². The highest BCUT2D eigenvalue weighted by molar-refractivity contribution is 5.83. The molecule has 1 saturated heterocycles. The molecule has 0 aromatic carbocycles. The van der Waals surface area contributed by atoms with Crippen LogP contribution in [0.25, 0.3) is 0 Å². The Morgan fingerprint density at radius 3 is 2.71 bits per heavy atom. The van der Waals surface area contributed by atoms with E-state index in [4.69, 9.17) is 5.73 Å². The van der Waals surface area contributed by atoms with Crippen LogP contribution >= 0.6 is 0 Å². The van der Waals surface area contributed by atoms with Gasteiger partial charge in [0.05, 0.1) is 0 Å². The zero-order valence-electron chi connectivity index (χ0n) is 10.4. The van der Waals surface area contributed by atoms with E-state index in [2.05, 4.69) is 6.92 Å². The van der Waals surface area contributed by atoms with Crippen molar-refractivity contribution in [3.63, 3.8) is 0 Å². The molecule has 0 bridgehead atoms. The molecule has 1 amide bonds. The zero-order chi connectivity index (χ0) is 12.8. The number of carboxylic acids is 1. The van der Waals surface area contributed by atoms with Gasteiger partial charge in [0.25, 0.3) is 0 Å². The van der Waals surface area contributed by atoms with E-state index in [0.29, 0.717) is 38.3 Å². The smallest absolute Gasteiger partial charge is 0.326 e. The van der Waals surface area contributed by atoms with Crippen molar-refractivity contribution in [3.05, 3.63) is 0 Å². The standard InChI is InChI=1S/C12H22N2O3/c1-2-9-5-7-14(10(8-9)12(16)17)11(15)4-3-6-13/h9-10H,2-8,13H2,1H3,(H,16,17). The summed E-state index contributed by atoms with van der Waals surface area (Å²) in [6.07, 6.45) is 3.46. The van der Waals surface area contributed by atoms with Crippen LogP contribution in [0.15, 0.2) is 0 Å². The molecule has 0 aliphatic carbocycles. The van der Waals surface area contributed by atoms with Crippen LogP contribution in [0.2, 0.25) is 0 Å². The van der Waals surface area contributed by atoms with Crippen LogP contribution in [0.4, 0.5) is 0 Å². The first kappa shape index (κ1) is 14.0. The second-order valence-electron chi connectivity index (χ2n) is 4.63. The van der Waals surface area contributed by atoms with Gasteiger partial charge in [-0.1, -0.05) is 13.3 Å². The maximum absolute atomic E-state index is 11.9. The van der Waals surface area contributed by atoms with Crippen molar-refractivity contribution in [1.82, 2.24) is 4.90 Å². The van der Waals surface area contributed by atoms with Gasteiger partial charge in [-0.05, 0) is 31.7 Å². The molecule has 5 nitrogen and oxygen atoms in total. The van der Waals surface area contributed by atoms with Crippen LogP contribution in [-0.4, -0.2) is 41.0 Å². The fourth-order valence-corrected chi connectivity index (χ4v) is 2.34. The molecule has 0 radical (unpaired) electrons. The Balaban J connectivity index is 2.63. The number of carbonyl (C=O) groups is 2. The average molecular weight is 242 g/mol. The Labute approximate surface area is 102 Å². The number of hydrogen-bond donors (Lipinski definition) is 2. The van der Waals surface area contributed by atoms with E-state index in [9.17, 15) is 14.7 Å². The van der Waals surface area contributed by atoms with Crippen molar-refractivity contribution in [2.45, 2.75) is 45.1 Å². The molecular formula is C12H22N2O3. The summed E-state index contributed by atoms with van der Waals surface area (Å²) in [5, 5.41) is 9.18. The van der Waals surface area contributed by atoms with Gasteiger partial charge >= 0.3 is 5.97 Å². The normalized spacial score (nSPS) is 24.7. The van der Waals surface area contributed by atoms with Crippen LogP contribution in [0, 0.1) is 5.92 Å². The lowest BCUT2D eigenvalue weighted by Crippen LogP contribution is -2.50. The van der Waals surface area contributed by atoms with Crippen LogP contribution in [0.1, 0.15) is 39.0 Å². The van der Waals surface area contributed by atoms with E-state index in [1.54, 1.807) is 0 Å². The Kier molecular flexibility index (Phi) is 5.41. The molecule has 1 fully saturated rings. The first-order valence-corrected chi connectivity index (χ1v) is 6.32. The summed E-state index contributed by atoms with van der Waals surface area (Å²) >= 11 is 0. The highest BCUT2D eigenvalue weighted by Crippen LogP contribution is 2.26. The Bertz CT molecular complexity index is 281. The summed E-state index contributed by atoms with van der Waals surface area (Å²) in [4.78, 5) is 24.6. The van der Waals surface area contributed by atoms with Gasteiger partial charge in [-0.3, -0.25) is 4.79 Å². The van der Waals surface area contributed by atoms with E-state index in [1.807, 2.05) is 0 Å². The lowest BCUT2D eigenvalue weighted by molar-refractivity contribution is -0.153. The molecule has 2 unspecified atom stereocenters. The van der Waals surface area contributed by atoms with Crippen LogP contribution in [0.3, 0.4) is 0 Å².